The Morgan fingerprint density at radius 1 is 1.54 bits per heavy atom. The van der Waals surface area contributed by atoms with Gasteiger partial charge in [-0.2, -0.15) is 0 Å². The summed E-state index contributed by atoms with van der Waals surface area (Å²) in [5.41, 5.74) is 6.99. The van der Waals surface area contributed by atoms with Crippen LogP contribution in [0.3, 0.4) is 0 Å². The van der Waals surface area contributed by atoms with Crippen molar-refractivity contribution in [1.82, 2.24) is 0 Å². The Bertz CT molecular complexity index is 288. The first-order valence-corrected chi connectivity index (χ1v) is 5.07. The number of hydrogen-bond acceptors (Lipinski definition) is 2. The summed E-state index contributed by atoms with van der Waals surface area (Å²) in [6.45, 7) is 2.06. The molecule has 0 amide bonds. The molecule has 13 heavy (non-hydrogen) atoms. The van der Waals surface area contributed by atoms with Gasteiger partial charge in [0, 0.05) is 16.1 Å². The molecule has 0 saturated heterocycles. The van der Waals surface area contributed by atoms with E-state index < -0.39 is 0 Å². The van der Waals surface area contributed by atoms with Gasteiger partial charge in [0.2, 0.25) is 0 Å². The average molecular weight is 244 g/mol. The molecule has 1 atom stereocenters. The van der Waals surface area contributed by atoms with E-state index in [2.05, 4.69) is 22.9 Å². The van der Waals surface area contributed by atoms with E-state index in [1.807, 2.05) is 18.2 Å². The maximum absolute atomic E-state index is 5.94. The van der Waals surface area contributed by atoms with E-state index in [1.54, 1.807) is 7.11 Å². The highest BCUT2D eigenvalue weighted by Crippen LogP contribution is 2.28. The molecule has 1 aromatic carbocycles. The number of benzene rings is 1. The molecule has 0 aliphatic rings. The topological polar surface area (TPSA) is 35.2 Å². The number of rotatable bonds is 3. The van der Waals surface area contributed by atoms with Crippen LogP contribution < -0.4 is 10.5 Å². The quantitative estimate of drug-likeness (QED) is 0.887. The maximum Gasteiger partial charge on any atom is 0.123 e. The van der Waals surface area contributed by atoms with Crippen molar-refractivity contribution in [3.05, 3.63) is 28.2 Å². The van der Waals surface area contributed by atoms with Gasteiger partial charge in [-0.15, -0.1) is 0 Å². The lowest BCUT2D eigenvalue weighted by molar-refractivity contribution is 0.405. The molecule has 0 bridgehead atoms. The standard InChI is InChI=1S/C10H14BrNO/c1-3-9(12)8-6-7(11)4-5-10(8)13-2/h4-6,9H,3,12H2,1-2H3. The molecule has 1 aromatic rings. The highest BCUT2D eigenvalue weighted by Gasteiger charge is 2.09. The molecule has 0 fully saturated rings. The monoisotopic (exact) mass is 243 g/mol. The highest BCUT2D eigenvalue weighted by molar-refractivity contribution is 9.10. The van der Waals surface area contributed by atoms with Crippen LogP contribution in [0.15, 0.2) is 22.7 Å². The van der Waals surface area contributed by atoms with Gasteiger partial charge >= 0.3 is 0 Å². The number of halogens is 1. The minimum absolute atomic E-state index is 0.0486. The molecule has 0 aromatic heterocycles. The van der Waals surface area contributed by atoms with Crippen molar-refractivity contribution >= 4 is 15.9 Å². The molecule has 0 saturated carbocycles. The predicted molar refractivity (Wildman–Crippen MR) is 57.9 cm³/mol. The van der Waals surface area contributed by atoms with Crippen molar-refractivity contribution in [3.8, 4) is 5.75 Å². The van der Waals surface area contributed by atoms with Gasteiger partial charge in [-0.1, -0.05) is 22.9 Å². The summed E-state index contributed by atoms with van der Waals surface area (Å²) in [5, 5.41) is 0. The second-order valence-electron chi connectivity index (χ2n) is 2.90. The molecule has 0 spiro atoms. The number of hydrogen-bond donors (Lipinski definition) is 1. The largest absolute Gasteiger partial charge is 0.496 e. The van der Waals surface area contributed by atoms with Crippen LogP contribution in [0.4, 0.5) is 0 Å². The molecule has 1 rings (SSSR count). The molecule has 0 aliphatic carbocycles. The molecule has 72 valence electrons. The van der Waals surface area contributed by atoms with Crippen molar-refractivity contribution in [1.29, 1.82) is 0 Å². The minimum atomic E-state index is 0.0486. The molecule has 2 nitrogen and oxygen atoms in total. The summed E-state index contributed by atoms with van der Waals surface area (Å²) >= 11 is 3.41. The zero-order valence-electron chi connectivity index (χ0n) is 7.88. The van der Waals surface area contributed by atoms with E-state index in [0.29, 0.717) is 0 Å². The van der Waals surface area contributed by atoms with Gasteiger partial charge in [0.05, 0.1) is 7.11 Å². The van der Waals surface area contributed by atoms with Crippen LogP contribution in [0, 0.1) is 0 Å². The van der Waals surface area contributed by atoms with Gasteiger partial charge in [0.25, 0.3) is 0 Å². The zero-order valence-corrected chi connectivity index (χ0v) is 9.47. The summed E-state index contributed by atoms with van der Waals surface area (Å²) in [5.74, 6) is 0.859. The number of nitrogens with two attached hydrogens (primary N) is 1. The summed E-state index contributed by atoms with van der Waals surface area (Å²) in [7, 11) is 1.66. The van der Waals surface area contributed by atoms with Gasteiger partial charge in [-0.05, 0) is 24.6 Å². The fourth-order valence-corrected chi connectivity index (χ4v) is 1.59. The molecule has 2 N–H and O–H groups in total. The van der Waals surface area contributed by atoms with Crippen molar-refractivity contribution < 1.29 is 4.74 Å². The predicted octanol–water partition coefficient (Wildman–Crippen LogP) is 2.87. The smallest absolute Gasteiger partial charge is 0.123 e. The second kappa shape index (κ2) is 4.63. The average Bonchev–Trinajstić information content (AvgIpc) is 2.16. The van der Waals surface area contributed by atoms with Crippen LogP contribution in [0.5, 0.6) is 5.75 Å². The Kier molecular flexibility index (Phi) is 3.75. The van der Waals surface area contributed by atoms with E-state index in [4.69, 9.17) is 10.5 Å². The van der Waals surface area contributed by atoms with Gasteiger partial charge in [-0.3, -0.25) is 0 Å². The fourth-order valence-electron chi connectivity index (χ4n) is 1.21. The summed E-state index contributed by atoms with van der Waals surface area (Å²) in [6.07, 6.45) is 0.910. The lowest BCUT2D eigenvalue weighted by Gasteiger charge is -2.14. The lowest BCUT2D eigenvalue weighted by atomic mass is 10.0. The van der Waals surface area contributed by atoms with Gasteiger partial charge in [-0.25, -0.2) is 0 Å². The van der Waals surface area contributed by atoms with Gasteiger partial charge in [0.1, 0.15) is 5.75 Å². The Labute approximate surface area is 87.2 Å². The Hall–Kier alpha value is -0.540. The second-order valence-corrected chi connectivity index (χ2v) is 3.82. The molecule has 3 heteroatoms. The minimum Gasteiger partial charge on any atom is -0.496 e. The maximum atomic E-state index is 5.94. The summed E-state index contributed by atoms with van der Waals surface area (Å²) < 4.78 is 6.26. The van der Waals surface area contributed by atoms with Crippen LogP contribution in [-0.4, -0.2) is 7.11 Å². The molecular formula is C10H14BrNO. The zero-order chi connectivity index (χ0) is 9.84. The lowest BCUT2D eigenvalue weighted by Crippen LogP contribution is -2.10. The van der Waals surface area contributed by atoms with Gasteiger partial charge < -0.3 is 10.5 Å². The van der Waals surface area contributed by atoms with E-state index >= 15 is 0 Å². The van der Waals surface area contributed by atoms with Crippen LogP contribution in [0.25, 0.3) is 0 Å². The first-order valence-electron chi connectivity index (χ1n) is 4.28. The van der Waals surface area contributed by atoms with E-state index in [1.165, 1.54) is 0 Å². The van der Waals surface area contributed by atoms with E-state index in [0.717, 1.165) is 22.2 Å². The molecular weight excluding hydrogens is 230 g/mol. The van der Waals surface area contributed by atoms with Crippen molar-refractivity contribution in [2.45, 2.75) is 19.4 Å². The first-order chi connectivity index (χ1) is 6.19. The van der Waals surface area contributed by atoms with Crippen molar-refractivity contribution in [2.24, 2.45) is 5.73 Å². The van der Waals surface area contributed by atoms with E-state index in [-0.39, 0.29) is 6.04 Å². The van der Waals surface area contributed by atoms with Crippen molar-refractivity contribution in [2.75, 3.05) is 7.11 Å². The molecule has 0 heterocycles. The van der Waals surface area contributed by atoms with Crippen LogP contribution in [-0.2, 0) is 0 Å². The molecule has 1 unspecified atom stereocenters. The normalized spacial score (nSPS) is 12.6. The summed E-state index contributed by atoms with van der Waals surface area (Å²) in [6, 6.07) is 5.93. The molecule has 0 radical (unpaired) electrons. The Morgan fingerprint density at radius 3 is 2.77 bits per heavy atom. The highest BCUT2D eigenvalue weighted by atomic mass is 79.9. The van der Waals surface area contributed by atoms with Crippen LogP contribution in [0.2, 0.25) is 0 Å². The third-order valence-corrected chi connectivity index (χ3v) is 2.52. The van der Waals surface area contributed by atoms with E-state index in [9.17, 15) is 0 Å². The summed E-state index contributed by atoms with van der Waals surface area (Å²) in [4.78, 5) is 0. The van der Waals surface area contributed by atoms with Crippen LogP contribution >= 0.6 is 15.9 Å². The third kappa shape index (κ3) is 2.45. The SMILES string of the molecule is CCC(N)c1cc(Br)ccc1OC. The number of methoxy groups -OCH3 is 1. The Balaban J connectivity index is 3.07. The first kappa shape index (κ1) is 10.5. The number of ether oxygens (including phenoxy) is 1. The Morgan fingerprint density at radius 2 is 2.23 bits per heavy atom. The van der Waals surface area contributed by atoms with Crippen molar-refractivity contribution in [3.63, 3.8) is 0 Å². The fraction of sp³-hybridized carbons (Fsp3) is 0.400. The van der Waals surface area contributed by atoms with Crippen LogP contribution in [0.1, 0.15) is 24.9 Å². The van der Waals surface area contributed by atoms with Gasteiger partial charge in [0.15, 0.2) is 0 Å². The molecule has 0 aliphatic heterocycles. The third-order valence-electron chi connectivity index (χ3n) is 2.03.